The van der Waals surface area contributed by atoms with E-state index in [-0.39, 0.29) is 5.75 Å². The highest BCUT2D eigenvalue weighted by Gasteiger charge is 2.47. The number of nitrogens with one attached hydrogen (secondary N) is 2. The van der Waals surface area contributed by atoms with Gasteiger partial charge in [0.15, 0.2) is 29.3 Å². The van der Waals surface area contributed by atoms with Crippen LogP contribution in [-0.4, -0.2) is 65.6 Å². The van der Waals surface area contributed by atoms with Crippen LogP contribution in [0.15, 0.2) is 36.9 Å². The fourth-order valence-electron chi connectivity index (χ4n) is 3.35. The van der Waals surface area contributed by atoms with Gasteiger partial charge in [-0.1, -0.05) is 12.1 Å². The number of aliphatic hydroxyl groups is 2. The summed E-state index contributed by atoms with van der Waals surface area (Å²) in [4.78, 5) is 24.8. The molecule has 0 spiro atoms. The molecule has 1 fully saturated rings. The Hall–Kier alpha value is -3.28. The van der Waals surface area contributed by atoms with Crippen LogP contribution in [0.4, 0.5) is 5.82 Å². The SMILES string of the molecule is CCNC(=O)[C@H]1O[C@@H](n2cnc3c(NCc4ccc(O)cc4)ncnc32)C(O)C1O. The standard InChI is InChI=1S/C19H22N6O5/c1-2-20-18(29)15-13(27)14(28)19(30-15)25-9-24-12-16(22-8-23-17(12)25)21-7-10-3-5-11(26)6-4-10/h3-6,8-9,13-15,19,26-28H,2,7H2,1H3,(H,20,29)(H,21,22,23)/t13?,14?,15-,19+/m0/s1. The van der Waals surface area contributed by atoms with E-state index < -0.39 is 30.4 Å². The van der Waals surface area contributed by atoms with E-state index in [1.54, 1.807) is 31.2 Å². The highest BCUT2D eigenvalue weighted by atomic mass is 16.6. The summed E-state index contributed by atoms with van der Waals surface area (Å²) in [5.41, 5.74) is 1.76. The van der Waals surface area contributed by atoms with Crippen LogP contribution in [0.25, 0.3) is 11.2 Å². The summed E-state index contributed by atoms with van der Waals surface area (Å²) in [6.45, 7) is 2.57. The topological polar surface area (TPSA) is 155 Å². The Morgan fingerprint density at radius 2 is 1.93 bits per heavy atom. The highest BCUT2D eigenvalue weighted by Crippen LogP contribution is 2.32. The number of likely N-dealkylation sites (N-methyl/N-ethyl adjacent to an activating group) is 1. The molecule has 2 aromatic heterocycles. The lowest BCUT2D eigenvalue weighted by Gasteiger charge is -2.16. The average Bonchev–Trinajstić information content (AvgIpc) is 3.29. The first-order valence-electron chi connectivity index (χ1n) is 9.48. The molecule has 1 aliphatic heterocycles. The molecule has 0 bridgehead atoms. The number of carbonyl (C=O) groups excluding carboxylic acids is 1. The van der Waals surface area contributed by atoms with Gasteiger partial charge in [0, 0.05) is 13.1 Å². The zero-order valence-electron chi connectivity index (χ0n) is 16.1. The van der Waals surface area contributed by atoms with E-state index in [0.29, 0.717) is 30.1 Å². The first-order chi connectivity index (χ1) is 14.5. The second-order valence-electron chi connectivity index (χ2n) is 6.89. The zero-order valence-corrected chi connectivity index (χ0v) is 16.1. The number of anilines is 1. The number of aromatic hydroxyl groups is 1. The van der Waals surface area contributed by atoms with Gasteiger partial charge in [-0.15, -0.1) is 0 Å². The molecule has 3 heterocycles. The maximum absolute atomic E-state index is 12.1. The second-order valence-corrected chi connectivity index (χ2v) is 6.89. The Labute approximate surface area is 171 Å². The van der Waals surface area contributed by atoms with E-state index in [2.05, 4.69) is 25.6 Å². The number of hydrogen-bond donors (Lipinski definition) is 5. The largest absolute Gasteiger partial charge is 0.508 e. The van der Waals surface area contributed by atoms with Gasteiger partial charge in [0.05, 0.1) is 6.33 Å². The molecule has 2 unspecified atom stereocenters. The molecule has 11 heteroatoms. The predicted octanol–water partition coefficient (Wildman–Crippen LogP) is -0.101. The smallest absolute Gasteiger partial charge is 0.252 e. The lowest BCUT2D eigenvalue weighted by Crippen LogP contribution is -2.42. The van der Waals surface area contributed by atoms with Crippen molar-refractivity contribution in [2.24, 2.45) is 0 Å². The van der Waals surface area contributed by atoms with Crippen molar-refractivity contribution in [3.8, 4) is 5.75 Å². The number of ether oxygens (including phenoxy) is 1. The fraction of sp³-hybridized carbons (Fsp3) is 0.368. The summed E-state index contributed by atoms with van der Waals surface area (Å²) in [5, 5.41) is 35.8. The number of aromatic nitrogens is 4. The van der Waals surface area contributed by atoms with Crippen LogP contribution in [0, 0.1) is 0 Å². The van der Waals surface area contributed by atoms with Crippen molar-refractivity contribution < 1.29 is 24.9 Å². The minimum Gasteiger partial charge on any atom is -0.508 e. The van der Waals surface area contributed by atoms with Gasteiger partial charge in [-0.2, -0.15) is 0 Å². The van der Waals surface area contributed by atoms with Gasteiger partial charge < -0.3 is 30.7 Å². The van der Waals surface area contributed by atoms with Crippen molar-refractivity contribution >= 4 is 22.9 Å². The number of amides is 1. The van der Waals surface area contributed by atoms with Crippen molar-refractivity contribution in [3.63, 3.8) is 0 Å². The predicted molar refractivity (Wildman–Crippen MR) is 105 cm³/mol. The Bertz CT molecular complexity index is 1040. The number of hydrogen-bond acceptors (Lipinski definition) is 9. The van der Waals surface area contributed by atoms with Crippen LogP contribution in [0.1, 0.15) is 18.7 Å². The summed E-state index contributed by atoms with van der Waals surface area (Å²) in [7, 11) is 0. The van der Waals surface area contributed by atoms with Gasteiger partial charge in [0.2, 0.25) is 0 Å². The quantitative estimate of drug-likeness (QED) is 0.372. The van der Waals surface area contributed by atoms with Gasteiger partial charge >= 0.3 is 0 Å². The summed E-state index contributed by atoms with van der Waals surface area (Å²) in [6, 6.07) is 6.75. The Balaban J connectivity index is 1.57. The summed E-state index contributed by atoms with van der Waals surface area (Å²) in [5.74, 6) is 0.159. The van der Waals surface area contributed by atoms with Gasteiger partial charge in [-0.05, 0) is 24.6 Å². The van der Waals surface area contributed by atoms with Crippen molar-refractivity contribution in [2.45, 2.75) is 38.0 Å². The van der Waals surface area contributed by atoms with E-state index in [1.165, 1.54) is 17.2 Å². The molecule has 158 valence electrons. The average molecular weight is 414 g/mol. The van der Waals surface area contributed by atoms with E-state index in [0.717, 1.165) is 5.56 Å². The van der Waals surface area contributed by atoms with E-state index >= 15 is 0 Å². The highest BCUT2D eigenvalue weighted by molar-refractivity contribution is 5.83. The molecule has 1 amide bonds. The molecular formula is C19H22N6O5. The van der Waals surface area contributed by atoms with Crippen LogP contribution in [0.2, 0.25) is 0 Å². The minimum absolute atomic E-state index is 0.185. The molecule has 4 atom stereocenters. The van der Waals surface area contributed by atoms with Gasteiger partial charge in [-0.25, -0.2) is 15.0 Å². The number of aliphatic hydroxyl groups excluding tert-OH is 2. The molecular weight excluding hydrogens is 392 g/mol. The normalized spacial score (nSPS) is 23.6. The molecule has 11 nitrogen and oxygen atoms in total. The summed E-state index contributed by atoms with van der Waals surface area (Å²) >= 11 is 0. The number of rotatable bonds is 6. The summed E-state index contributed by atoms with van der Waals surface area (Å²) < 4.78 is 7.11. The number of fused-ring (bicyclic) bond motifs is 1. The van der Waals surface area contributed by atoms with Crippen LogP contribution in [0.5, 0.6) is 5.75 Å². The number of imidazole rings is 1. The maximum atomic E-state index is 12.1. The maximum Gasteiger partial charge on any atom is 0.252 e. The van der Waals surface area contributed by atoms with E-state index in [4.69, 9.17) is 4.74 Å². The first kappa shape index (κ1) is 20.0. The third-order valence-corrected chi connectivity index (χ3v) is 4.88. The van der Waals surface area contributed by atoms with Crippen molar-refractivity contribution in [1.29, 1.82) is 0 Å². The molecule has 0 saturated carbocycles. The van der Waals surface area contributed by atoms with Gasteiger partial charge in [0.1, 0.15) is 24.3 Å². The summed E-state index contributed by atoms with van der Waals surface area (Å²) in [6.07, 6.45) is -2.18. The van der Waals surface area contributed by atoms with E-state index in [9.17, 15) is 20.1 Å². The van der Waals surface area contributed by atoms with Crippen LogP contribution in [-0.2, 0) is 16.1 Å². The van der Waals surface area contributed by atoms with Crippen LogP contribution >= 0.6 is 0 Å². The van der Waals surface area contributed by atoms with Crippen LogP contribution < -0.4 is 10.6 Å². The van der Waals surface area contributed by atoms with Crippen molar-refractivity contribution in [2.75, 3.05) is 11.9 Å². The molecule has 0 radical (unpaired) electrons. The van der Waals surface area contributed by atoms with Gasteiger partial charge in [-0.3, -0.25) is 9.36 Å². The fourth-order valence-corrected chi connectivity index (χ4v) is 3.35. The Kier molecular flexibility index (Phi) is 5.48. The van der Waals surface area contributed by atoms with Crippen molar-refractivity contribution in [3.05, 3.63) is 42.5 Å². The lowest BCUT2D eigenvalue weighted by molar-refractivity contribution is -0.137. The Morgan fingerprint density at radius 1 is 1.17 bits per heavy atom. The second kappa shape index (κ2) is 8.22. The van der Waals surface area contributed by atoms with Crippen molar-refractivity contribution in [1.82, 2.24) is 24.8 Å². The van der Waals surface area contributed by atoms with Gasteiger partial charge in [0.25, 0.3) is 5.91 Å². The molecule has 0 aliphatic carbocycles. The molecule has 30 heavy (non-hydrogen) atoms. The Morgan fingerprint density at radius 3 is 2.67 bits per heavy atom. The minimum atomic E-state index is -1.38. The first-order valence-corrected chi connectivity index (χ1v) is 9.48. The molecule has 4 rings (SSSR count). The van der Waals surface area contributed by atoms with E-state index in [1.807, 2.05) is 0 Å². The van der Waals surface area contributed by atoms with Crippen LogP contribution in [0.3, 0.4) is 0 Å². The molecule has 5 N–H and O–H groups in total. The number of phenols is 1. The molecule has 1 aliphatic rings. The molecule has 1 aromatic carbocycles. The third-order valence-electron chi connectivity index (χ3n) is 4.88. The number of nitrogens with zero attached hydrogens (tertiary/aromatic N) is 4. The lowest BCUT2D eigenvalue weighted by atomic mass is 10.1. The molecule has 1 saturated heterocycles. The monoisotopic (exact) mass is 414 g/mol. The number of carbonyl (C=O) groups is 1. The third kappa shape index (κ3) is 3.65. The number of phenolic OH excluding ortho intramolecular Hbond substituents is 1. The molecule has 3 aromatic rings. The number of benzene rings is 1. The zero-order chi connectivity index (χ0) is 21.3.